The third-order valence-electron chi connectivity index (χ3n) is 2.56. The summed E-state index contributed by atoms with van der Waals surface area (Å²) in [5.74, 6) is -3.71. The molecule has 0 saturated heterocycles. The summed E-state index contributed by atoms with van der Waals surface area (Å²) >= 11 is 3.90. The molecule has 9 nitrogen and oxygen atoms in total. The Morgan fingerprint density at radius 1 is 1.14 bits per heavy atom. The number of carbonyl (C=O) groups excluding carboxylic acids is 2. The van der Waals surface area contributed by atoms with E-state index in [4.69, 9.17) is 15.9 Å². The zero-order valence-electron chi connectivity index (χ0n) is 11.4. The lowest BCUT2D eigenvalue weighted by atomic mass is 10.1. The van der Waals surface area contributed by atoms with E-state index in [0.29, 0.717) is 0 Å². The highest BCUT2D eigenvalue weighted by Crippen LogP contribution is 1.98. The van der Waals surface area contributed by atoms with Crippen LogP contribution >= 0.6 is 12.6 Å². The average molecular weight is 321 g/mol. The summed E-state index contributed by atoms with van der Waals surface area (Å²) in [5, 5.41) is 21.8. The first-order valence-corrected chi connectivity index (χ1v) is 6.74. The van der Waals surface area contributed by atoms with Crippen LogP contribution in [0.5, 0.6) is 0 Å². The lowest BCUT2D eigenvalue weighted by molar-refractivity contribution is -0.141. The highest BCUT2D eigenvalue weighted by molar-refractivity contribution is 7.80. The fourth-order valence-corrected chi connectivity index (χ4v) is 1.50. The molecule has 0 bridgehead atoms. The third-order valence-corrected chi connectivity index (χ3v) is 2.93. The molecular weight excluding hydrogens is 302 g/mol. The van der Waals surface area contributed by atoms with Crippen LogP contribution in [-0.2, 0) is 19.2 Å². The number of carboxylic acid groups (broad SMARTS) is 2. The van der Waals surface area contributed by atoms with Gasteiger partial charge in [0.05, 0.1) is 0 Å². The molecule has 0 radical (unpaired) electrons. The lowest BCUT2D eigenvalue weighted by Gasteiger charge is -2.18. The van der Waals surface area contributed by atoms with Crippen LogP contribution in [0.4, 0.5) is 0 Å². The number of hydrogen-bond donors (Lipinski definition) is 6. The van der Waals surface area contributed by atoms with Gasteiger partial charge < -0.3 is 26.6 Å². The number of hydrogen-bond acceptors (Lipinski definition) is 6. The molecule has 3 atom stereocenters. The van der Waals surface area contributed by atoms with E-state index in [1.165, 1.54) is 6.92 Å². The molecule has 0 unspecified atom stereocenters. The van der Waals surface area contributed by atoms with Crippen LogP contribution in [0.1, 0.15) is 19.8 Å². The summed E-state index contributed by atoms with van der Waals surface area (Å²) < 4.78 is 0. The van der Waals surface area contributed by atoms with Crippen molar-refractivity contribution in [1.29, 1.82) is 0 Å². The first kappa shape index (κ1) is 19.2. The van der Waals surface area contributed by atoms with E-state index in [0.717, 1.165) is 0 Å². The van der Waals surface area contributed by atoms with Crippen LogP contribution in [0, 0.1) is 0 Å². The molecule has 0 aliphatic carbocycles. The van der Waals surface area contributed by atoms with Gasteiger partial charge in [-0.15, -0.1) is 0 Å². The molecule has 0 aromatic rings. The molecule has 0 aliphatic rings. The summed E-state index contributed by atoms with van der Waals surface area (Å²) in [6, 6.07) is -3.27. The Bertz CT molecular complexity index is 417. The number of rotatable bonds is 9. The predicted molar refractivity (Wildman–Crippen MR) is 75.9 cm³/mol. The van der Waals surface area contributed by atoms with E-state index < -0.39 is 41.9 Å². The third kappa shape index (κ3) is 7.51. The fraction of sp³-hybridized carbons (Fsp3) is 0.636. The molecule has 0 aliphatic heterocycles. The monoisotopic (exact) mass is 321 g/mol. The number of aliphatic carboxylic acids is 2. The molecule has 0 rings (SSSR count). The topological polar surface area (TPSA) is 159 Å². The van der Waals surface area contributed by atoms with Crippen molar-refractivity contribution in [2.24, 2.45) is 5.73 Å². The smallest absolute Gasteiger partial charge is 0.325 e. The average Bonchev–Trinajstić information content (AvgIpc) is 2.41. The summed E-state index contributed by atoms with van der Waals surface area (Å²) in [5.41, 5.74) is 5.25. The maximum absolute atomic E-state index is 11.7. The van der Waals surface area contributed by atoms with Gasteiger partial charge in [0.1, 0.15) is 18.1 Å². The molecule has 0 heterocycles. The Morgan fingerprint density at radius 2 is 1.71 bits per heavy atom. The van der Waals surface area contributed by atoms with Crippen molar-refractivity contribution in [2.45, 2.75) is 37.9 Å². The normalized spacial score (nSPS) is 14.6. The van der Waals surface area contributed by atoms with Crippen LogP contribution < -0.4 is 16.4 Å². The second-order valence-electron chi connectivity index (χ2n) is 4.35. The number of nitrogens with one attached hydrogen (secondary N) is 2. The first-order chi connectivity index (χ1) is 9.68. The zero-order chi connectivity index (χ0) is 16.6. The van der Waals surface area contributed by atoms with Gasteiger partial charge in [-0.1, -0.05) is 0 Å². The predicted octanol–water partition coefficient (Wildman–Crippen LogP) is -1.82. The first-order valence-electron chi connectivity index (χ1n) is 6.10. The molecule has 0 aromatic carbocycles. The minimum Gasteiger partial charge on any atom is -0.480 e. The van der Waals surface area contributed by atoms with Gasteiger partial charge in [0.2, 0.25) is 11.8 Å². The van der Waals surface area contributed by atoms with Crippen molar-refractivity contribution < 1.29 is 29.4 Å². The number of amides is 2. The van der Waals surface area contributed by atoms with Gasteiger partial charge in [-0.05, 0) is 13.3 Å². The van der Waals surface area contributed by atoms with Crippen molar-refractivity contribution in [3.63, 3.8) is 0 Å². The van der Waals surface area contributed by atoms with E-state index in [1.807, 2.05) is 0 Å². The summed E-state index contributed by atoms with van der Waals surface area (Å²) in [6.07, 6.45) is -0.243. The quantitative estimate of drug-likeness (QED) is 0.273. The minimum absolute atomic E-state index is 0.0328. The van der Waals surface area contributed by atoms with Crippen LogP contribution in [0.3, 0.4) is 0 Å². The van der Waals surface area contributed by atoms with Crippen molar-refractivity contribution >= 4 is 36.4 Å². The number of nitrogens with two attached hydrogens (primary N) is 1. The Balaban J connectivity index is 4.36. The van der Waals surface area contributed by atoms with Gasteiger partial charge in [0.15, 0.2) is 0 Å². The van der Waals surface area contributed by atoms with Crippen LogP contribution in [-0.4, -0.2) is 57.8 Å². The van der Waals surface area contributed by atoms with Crippen molar-refractivity contribution in [2.75, 3.05) is 5.75 Å². The Labute approximate surface area is 126 Å². The molecule has 6 N–H and O–H groups in total. The van der Waals surface area contributed by atoms with Crippen molar-refractivity contribution in [3.05, 3.63) is 0 Å². The minimum atomic E-state index is -1.22. The van der Waals surface area contributed by atoms with Crippen molar-refractivity contribution in [3.8, 4) is 0 Å². The molecule has 0 aromatic heterocycles. The van der Waals surface area contributed by atoms with E-state index in [1.54, 1.807) is 0 Å². The standard InChI is InChI=1S/C11H19N3O6S/c1-5(10(17)18)13-9(16)7(4-21)14-8(15)3-2-6(12)11(19)20/h5-7,21H,2-4,12H2,1H3,(H,13,16)(H,14,15)(H,17,18)(H,19,20)/t5-,6-,7-/m0/s1. The molecule has 0 spiro atoms. The maximum Gasteiger partial charge on any atom is 0.325 e. The van der Waals surface area contributed by atoms with Gasteiger partial charge in [-0.3, -0.25) is 19.2 Å². The molecule has 0 saturated carbocycles. The van der Waals surface area contributed by atoms with Gasteiger partial charge in [-0.2, -0.15) is 12.6 Å². The summed E-state index contributed by atoms with van der Waals surface area (Å²) in [6.45, 7) is 1.28. The highest BCUT2D eigenvalue weighted by atomic mass is 32.1. The second-order valence-corrected chi connectivity index (χ2v) is 4.72. The lowest BCUT2D eigenvalue weighted by Crippen LogP contribution is -2.51. The fourth-order valence-electron chi connectivity index (χ4n) is 1.25. The number of thiol groups is 1. The van der Waals surface area contributed by atoms with E-state index in [9.17, 15) is 19.2 Å². The van der Waals surface area contributed by atoms with Crippen LogP contribution in [0.2, 0.25) is 0 Å². The molecule has 21 heavy (non-hydrogen) atoms. The van der Waals surface area contributed by atoms with Gasteiger partial charge >= 0.3 is 11.9 Å². The maximum atomic E-state index is 11.7. The van der Waals surface area contributed by atoms with Gasteiger partial charge in [-0.25, -0.2) is 0 Å². The Morgan fingerprint density at radius 3 is 2.14 bits per heavy atom. The molecule has 0 fully saturated rings. The second kappa shape index (κ2) is 9.19. The van der Waals surface area contributed by atoms with E-state index >= 15 is 0 Å². The largest absolute Gasteiger partial charge is 0.480 e. The van der Waals surface area contributed by atoms with Gasteiger partial charge in [0, 0.05) is 12.2 Å². The zero-order valence-corrected chi connectivity index (χ0v) is 12.3. The van der Waals surface area contributed by atoms with Gasteiger partial charge in [0.25, 0.3) is 0 Å². The SMILES string of the molecule is C[C@H](NC(=O)[C@H](CS)NC(=O)CC[C@H](N)C(=O)O)C(=O)O. The Kier molecular flexibility index (Phi) is 8.39. The summed E-state index contributed by atoms with van der Waals surface area (Å²) in [7, 11) is 0. The van der Waals surface area contributed by atoms with Crippen LogP contribution in [0.15, 0.2) is 0 Å². The number of carbonyl (C=O) groups is 4. The van der Waals surface area contributed by atoms with Crippen LogP contribution in [0.25, 0.3) is 0 Å². The molecular formula is C11H19N3O6S. The highest BCUT2D eigenvalue weighted by Gasteiger charge is 2.23. The molecule has 2 amide bonds. The molecule has 120 valence electrons. The number of carboxylic acids is 2. The van der Waals surface area contributed by atoms with Crippen molar-refractivity contribution in [1.82, 2.24) is 10.6 Å². The Hall–Kier alpha value is -1.81. The van der Waals surface area contributed by atoms with E-state index in [-0.39, 0.29) is 18.6 Å². The van der Waals surface area contributed by atoms with E-state index in [2.05, 4.69) is 23.3 Å². The molecule has 10 heteroatoms. The summed E-state index contributed by atoms with van der Waals surface area (Å²) in [4.78, 5) is 44.4.